The number of ether oxygens (including phenoxy) is 1. The number of carbonyl (C=O) groups excluding carboxylic acids is 2. The second-order valence-corrected chi connectivity index (χ2v) is 5.16. The van der Waals surface area contributed by atoms with E-state index in [2.05, 4.69) is 5.32 Å². The summed E-state index contributed by atoms with van der Waals surface area (Å²) in [5, 5.41) is 48.9. The zero-order valence-corrected chi connectivity index (χ0v) is 13.2. The average molecular weight is 377 g/mol. The fourth-order valence-electron chi connectivity index (χ4n) is 2.03. The third-order valence-corrected chi connectivity index (χ3v) is 3.39. The van der Waals surface area contributed by atoms with E-state index in [1.54, 1.807) is 0 Å². The minimum atomic E-state index is -1.71. The second kappa shape index (κ2) is 8.50. The van der Waals surface area contributed by atoms with Gasteiger partial charge < -0.3 is 47.0 Å². The smallest absolute Gasteiger partial charge is 0.381 e. The normalized spacial score (nSPS) is 26.0. The number of nitrogens with zero attached hydrogens (tertiary/aromatic N) is 2. The van der Waals surface area contributed by atoms with Gasteiger partial charge in [0.25, 0.3) is 5.91 Å². The van der Waals surface area contributed by atoms with Gasteiger partial charge in [0, 0.05) is 0 Å². The third kappa shape index (κ3) is 4.41. The molecule has 146 valence electrons. The molecule has 0 aromatic heterocycles. The summed E-state index contributed by atoms with van der Waals surface area (Å²) in [6.45, 7) is -1.36. The van der Waals surface area contributed by atoms with Gasteiger partial charge in [0.15, 0.2) is 11.9 Å². The fraction of sp³-hybridized carbons (Fsp3) is 0.545. The third-order valence-electron chi connectivity index (χ3n) is 3.39. The number of nitrogens with one attached hydrogen (secondary N) is 2. The molecule has 0 bridgehead atoms. The average Bonchev–Trinajstić information content (AvgIpc) is 2.87. The molecule has 15 heteroatoms. The van der Waals surface area contributed by atoms with Gasteiger partial charge in [-0.05, 0) is 4.92 Å². The number of rotatable bonds is 7. The summed E-state index contributed by atoms with van der Waals surface area (Å²) in [5.41, 5.74) is 8.55. The summed E-state index contributed by atoms with van der Waals surface area (Å²) in [4.78, 5) is 32.8. The quantitative estimate of drug-likeness (QED) is 0.0394. The van der Waals surface area contributed by atoms with Crippen molar-refractivity contribution < 1.29 is 34.6 Å². The Kier molecular flexibility index (Phi) is 6.93. The zero-order chi connectivity index (χ0) is 20.2. The first-order valence-electron chi connectivity index (χ1n) is 6.98. The Morgan fingerprint density at radius 3 is 2.31 bits per heavy atom. The van der Waals surface area contributed by atoms with Crippen LogP contribution in [0.4, 0.5) is 0 Å². The van der Waals surface area contributed by atoms with Crippen molar-refractivity contribution in [2.75, 3.05) is 13.2 Å². The number of aliphatic hydroxyl groups excluding tert-OH is 3. The summed E-state index contributed by atoms with van der Waals surface area (Å²) in [5.74, 6) is 1.92. The Labute approximate surface area is 145 Å². The van der Waals surface area contributed by atoms with Gasteiger partial charge in [0.05, 0.1) is 13.2 Å². The molecule has 11 N–H and O–H groups in total. The molecule has 1 saturated heterocycles. The van der Waals surface area contributed by atoms with Crippen LogP contribution in [0.2, 0.25) is 0 Å². The maximum Gasteiger partial charge on any atom is 0.381 e. The SMILES string of the molecule is N=C(/C(N)=C(\NCC(N)=O)C(=O)N(N)C1OC(CO)C(O)C1O)[N+](=O)[O-]. The lowest BCUT2D eigenvalue weighted by Gasteiger charge is -2.27. The Balaban J connectivity index is 3.15. The van der Waals surface area contributed by atoms with Crippen molar-refractivity contribution >= 4 is 17.6 Å². The fourth-order valence-corrected chi connectivity index (χ4v) is 2.03. The zero-order valence-electron chi connectivity index (χ0n) is 13.2. The van der Waals surface area contributed by atoms with E-state index in [-0.39, 0.29) is 5.01 Å². The van der Waals surface area contributed by atoms with E-state index in [4.69, 9.17) is 32.6 Å². The van der Waals surface area contributed by atoms with E-state index in [0.29, 0.717) is 0 Å². The van der Waals surface area contributed by atoms with Crippen LogP contribution in [0.15, 0.2) is 11.4 Å². The van der Waals surface area contributed by atoms with Gasteiger partial charge in [-0.25, -0.2) is 10.9 Å². The minimum absolute atomic E-state index is 0.243. The largest absolute Gasteiger partial charge is 0.394 e. The maximum atomic E-state index is 12.5. The van der Waals surface area contributed by atoms with Crippen LogP contribution in [-0.2, 0) is 14.3 Å². The van der Waals surface area contributed by atoms with E-state index in [9.17, 15) is 29.9 Å². The molecule has 0 saturated carbocycles. The van der Waals surface area contributed by atoms with Crippen molar-refractivity contribution in [3.63, 3.8) is 0 Å². The predicted octanol–water partition coefficient (Wildman–Crippen LogP) is -5.37. The summed E-state index contributed by atoms with van der Waals surface area (Å²) in [7, 11) is 0. The van der Waals surface area contributed by atoms with Crippen LogP contribution in [0.3, 0.4) is 0 Å². The van der Waals surface area contributed by atoms with E-state index >= 15 is 0 Å². The molecule has 0 aromatic carbocycles. The van der Waals surface area contributed by atoms with Crippen LogP contribution in [0, 0.1) is 15.5 Å². The van der Waals surface area contributed by atoms with Crippen LogP contribution in [-0.4, -0.2) is 80.6 Å². The van der Waals surface area contributed by atoms with Gasteiger partial charge in [-0.15, -0.1) is 0 Å². The van der Waals surface area contributed by atoms with Crippen molar-refractivity contribution in [3.05, 3.63) is 21.5 Å². The molecular formula is C11H19N7O8. The summed E-state index contributed by atoms with van der Waals surface area (Å²) >= 11 is 0. The number of amides is 2. The minimum Gasteiger partial charge on any atom is -0.394 e. The molecule has 2 amide bonds. The molecule has 0 spiro atoms. The lowest BCUT2D eigenvalue weighted by molar-refractivity contribution is -0.350. The van der Waals surface area contributed by atoms with Crippen LogP contribution in [0.25, 0.3) is 0 Å². The van der Waals surface area contributed by atoms with Crippen LogP contribution >= 0.6 is 0 Å². The van der Waals surface area contributed by atoms with Gasteiger partial charge >= 0.3 is 5.84 Å². The summed E-state index contributed by atoms with van der Waals surface area (Å²) < 4.78 is 5.04. The van der Waals surface area contributed by atoms with Gasteiger partial charge in [-0.2, -0.15) is 0 Å². The molecule has 4 atom stereocenters. The molecule has 1 aliphatic rings. The van der Waals surface area contributed by atoms with Gasteiger partial charge in [-0.1, -0.05) is 5.41 Å². The van der Waals surface area contributed by atoms with Crippen molar-refractivity contribution in [2.24, 2.45) is 17.3 Å². The lowest BCUT2D eigenvalue weighted by Crippen LogP contribution is -2.54. The van der Waals surface area contributed by atoms with E-state index in [0.717, 1.165) is 0 Å². The summed E-state index contributed by atoms with van der Waals surface area (Å²) in [6, 6.07) is 0. The molecule has 1 rings (SSSR count). The number of hydrogen-bond donors (Lipinski definition) is 8. The maximum absolute atomic E-state index is 12.5. The standard InChI is InChI=1S/C11H19N7O8/c12-4(20)1-16-6(5(13)9(14)18(24)25)10(23)17(15)11-8(22)7(21)3(2-19)26-11/h3,7-8,11,14,16,19,21-22H,1-2,13,15H2,(H2,12,20)/b6-5+,14-9?. The monoisotopic (exact) mass is 377 g/mol. The number of nitro groups is 1. The highest BCUT2D eigenvalue weighted by Crippen LogP contribution is 2.23. The van der Waals surface area contributed by atoms with Crippen molar-refractivity contribution in [1.82, 2.24) is 10.3 Å². The number of aliphatic hydroxyl groups is 3. The number of amidine groups is 1. The number of hydrazine groups is 1. The molecule has 4 unspecified atom stereocenters. The first-order valence-corrected chi connectivity index (χ1v) is 6.98. The molecule has 0 aromatic rings. The van der Waals surface area contributed by atoms with Gasteiger partial charge in [0.2, 0.25) is 5.91 Å². The topological polar surface area (TPSA) is 264 Å². The van der Waals surface area contributed by atoms with Gasteiger partial charge in [-0.3, -0.25) is 9.59 Å². The Morgan fingerprint density at radius 1 is 1.31 bits per heavy atom. The number of carbonyl (C=O) groups is 2. The number of nitrogens with two attached hydrogens (primary N) is 3. The van der Waals surface area contributed by atoms with Crippen LogP contribution < -0.4 is 22.6 Å². The van der Waals surface area contributed by atoms with E-state index in [1.807, 2.05) is 0 Å². The Morgan fingerprint density at radius 2 is 1.88 bits per heavy atom. The molecule has 1 aliphatic heterocycles. The molecule has 0 aliphatic carbocycles. The number of primary amides is 1. The highest BCUT2D eigenvalue weighted by molar-refractivity contribution is 6.02. The molecule has 1 fully saturated rings. The van der Waals surface area contributed by atoms with E-state index in [1.165, 1.54) is 0 Å². The Bertz CT molecular complexity index is 638. The first kappa shape index (κ1) is 21.2. The molecular weight excluding hydrogens is 358 g/mol. The molecule has 26 heavy (non-hydrogen) atoms. The molecule has 0 radical (unpaired) electrons. The van der Waals surface area contributed by atoms with Crippen LogP contribution in [0.1, 0.15) is 0 Å². The molecule has 15 nitrogen and oxygen atoms in total. The van der Waals surface area contributed by atoms with Crippen molar-refractivity contribution in [3.8, 4) is 0 Å². The molecule has 1 heterocycles. The van der Waals surface area contributed by atoms with Crippen molar-refractivity contribution in [2.45, 2.75) is 24.5 Å². The lowest BCUT2D eigenvalue weighted by atomic mass is 10.1. The second-order valence-electron chi connectivity index (χ2n) is 5.16. The highest BCUT2D eigenvalue weighted by atomic mass is 16.6. The van der Waals surface area contributed by atoms with Crippen LogP contribution in [0.5, 0.6) is 0 Å². The van der Waals surface area contributed by atoms with E-state index < -0.39 is 71.7 Å². The highest BCUT2D eigenvalue weighted by Gasteiger charge is 2.46. The first-order chi connectivity index (χ1) is 12.0. The van der Waals surface area contributed by atoms with Gasteiger partial charge in [0.1, 0.15) is 24.0 Å². The predicted molar refractivity (Wildman–Crippen MR) is 81.9 cm³/mol. The van der Waals surface area contributed by atoms with Crippen molar-refractivity contribution in [1.29, 1.82) is 5.41 Å². The summed E-state index contributed by atoms with van der Waals surface area (Å²) in [6.07, 6.45) is -6.16. The number of hydrogen-bond acceptors (Lipinski definition) is 12. The Hall–Kier alpha value is -2.85.